The summed E-state index contributed by atoms with van der Waals surface area (Å²) < 4.78 is 0. The van der Waals surface area contributed by atoms with Crippen LogP contribution in [0.4, 0.5) is 0 Å². The zero-order valence-electron chi connectivity index (χ0n) is 11.0. The Morgan fingerprint density at radius 2 is 1.78 bits per heavy atom. The summed E-state index contributed by atoms with van der Waals surface area (Å²) in [6.07, 6.45) is 7.53. The van der Waals surface area contributed by atoms with Crippen molar-refractivity contribution in [1.29, 1.82) is 0 Å². The van der Waals surface area contributed by atoms with Gasteiger partial charge in [0.1, 0.15) is 5.82 Å². The van der Waals surface area contributed by atoms with Gasteiger partial charge in [-0.1, -0.05) is 13.8 Å². The van der Waals surface area contributed by atoms with Crippen LogP contribution in [0.1, 0.15) is 61.6 Å². The quantitative estimate of drug-likeness (QED) is 0.892. The molecule has 1 N–H and O–H groups in total. The number of carbonyl (C=O) groups is 1. The highest BCUT2D eigenvalue weighted by Crippen LogP contribution is 2.37. The van der Waals surface area contributed by atoms with E-state index in [9.17, 15) is 4.79 Å². The van der Waals surface area contributed by atoms with Gasteiger partial charge >= 0.3 is 5.97 Å². The van der Waals surface area contributed by atoms with Crippen molar-refractivity contribution in [2.75, 3.05) is 0 Å². The number of hydrogen-bond acceptors (Lipinski definition) is 3. The first kappa shape index (κ1) is 13.0. The SMILES string of the molecule is CC(C)C1CCC(c2ncc(C(=O)O)cn2)CC1. The molecule has 2 rings (SSSR count). The molecule has 4 heteroatoms. The first-order chi connectivity index (χ1) is 8.58. The maximum absolute atomic E-state index is 10.7. The van der Waals surface area contributed by atoms with Gasteiger partial charge in [-0.2, -0.15) is 0 Å². The van der Waals surface area contributed by atoms with Crippen molar-refractivity contribution >= 4 is 5.97 Å². The lowest BCUT2D eigenvalue weighted by atomic mass is 9.77. The van der Waals surface area contributed by atoms with Gasteiger partial charge in [0.2, 0.25) is 0 Å². The average molecular weight is 248 g/mol. The van der Waals surface area contributed by atoms with Gasteiger partial charge in [-0.05, 0) is 37.5 Å². The summed E-state index contributed by atoms with van der Waals surface area (Å²) in [7, 11) is 0. The number of aromatic carboxylic acids is 1. The Balaban J connectivity index is 1.99. The molecule has 18 heavy (non-hydrogen) atoms. The zero-order chi connectivity index (χ0) is 13.1. The van der Waals surface area contributed by atoms with Gasteiger partial charge in [0.15, 0.2) is 0 Å². The minimum absolute atomic E-state index is 0.162. The van der Waals surface area contributed by atoms with Crippen LogP contribution in [0.25, 0.3) is 0 Å². The second kappa shape index (κ2) is 5.46. The summed E-state index contributed by atoms with van der Waals surface area (Å²) in [5.41, 5.74) is 0.162. The molecule has 1 aliphatic rings. The van der Waals surface area contributed by atoms with Gasteiger partial charge in [0.05, 0.1) is 5.56 Å². The second-order valence-corrected chi connectivity index (χ2v) is 5.49. The smallest absolute Gasteiger partial charge is 0.338 e. The molecular weight excluding hydrogens is 228 g/mol. The minimum Gasteiger partial charge on any atom is -0.478 e. The molecule has 0 bridgehead atoms. The fourth-order valence-corrected chi connectivity index (χ4v) is 2.70. The van der Waals surface area contributed by atoms with Gasteiger partial charge in [-0.15, -0.1) is 0 Å². The molecule has 4 nitrogen and oxygen atoms in total. The van der Waals surface area contributed by atoms with Crippen molar-refractivity contribution in [3.63, 3.8) is 0 Å². The Bertz CT molecular complexity index is 406. The van der Waals surface area contributed by atoms with Crippen LogP contribution < -0.4 is 0 Å². The van der Waals surface area contributed by atoms with Crippen LogP contribution in [0.5, 0.6) is 0 Å². The van der Waals surface area contributed by atoms with E-state index in [0.29, 0.717) is 5.92 Å². The van der Waals surface area contributed by atoms with Crippen LogP contribution in [-0.2, 0) is 0 Å². The molecule has 98 valence electrons. The Hall–Kier alpha value is -1.45. The lowest BCUT2D eigenvalue weighted by Gasteiger charge is -2.29. The number of hydrogen-bond donors (Lipinski definition) is 1. The largest absolute Gasteiger partial charge is 0.478 e. The van der Waals surface area contributed by atoms with Gasteiger partial charge in [-0.25, -0.2) is 14.8 Å². The molecule has 0 saturated heterocycles. The van der Waals surface area contributed by atoms with E-state index >= 15 is 0 Å². The number of carboxylic acids is 1. The predicted octanol–water partition coefficient (Wildman–Crippen LogP) is 3.10. The van der Waals surface area contributed by atoms with Crippen LogP contribution >= 0.6 is 0 Å². The van der Waals surface area contributed by atoms with E-state index in [0.717, 1.165) is 30.5 Å². The maximum atomic E-state index is 10.7. The lowest BCUT2D eigenvalue weighted by molar-refractivity contribution is 0.0696. The minimum atomic E-state index is -0.968. The molecular formula is C14H20N2O2. The normalized spacial score (nSPS) is 24.2. The molecule has 0 atom stereocenters. The fraction of sp³-hybridized carbons (Fsp3) is 0.643. The maximum Gasteiger partial charge on any atom is 0.338 e. The van der Waals surface area contributed by atoms with E-state index in [-0.39, 0.29) is 5.56 Å². The molecule has 0 amide bonds. The van der Waals surface area contributed by atoms with Crippen LogP contribution in [0.2, 0.25) is 0 Å². The van der Waals surface area contributed by atoms with E-state index in [1.807, 2.05) is 0 Å². The van der Waals surface area contributed by atoms with Crippen molar-refractivity contribution in [2.24, 2.45) is 11.8 Å². The van der Waals surface area contributed by atoms with E-state index in [1.165, 1.54) is 25.2 Å². The van der Waals surface area contributed by atoms with Gasteiger partial charge < -0.3 is 5.11 Å². The lowest BCUT2D eigenvalue weighted by Crippen LogP contribution is -2.19. The highest BCUT2D eigenvalue weighted by atomic mass is 16.4. The molecule has 1 aliphatic carbocycles. The van der Waals surface area contributed by atoms with Gasteiger partial charge in [0.25, 0.3) is 0 Å². The van der Waals surface area contributed by atoms with Crippen LogP contribution in [0.15, 0.2) is 12.4 Å². The highest BCUT2D eigenvalue weighted by molar-refractivity contribution is 5.86. The molecule has 1 fully saturated rings. The third-order valence-corrected chi connectivity index (χ3v) is 4.00. The van der Waals surface area contributed by atoms with Crippen molar-refractivity contribution in [3.05, 3.63) is 23.8 Å². The third-order valence-electron chi connectivity index (χ3n) is 4.00. The predicted molar refractivity (Wildman–Crippen MR) is 68.5 cm³/mol. The summed E-state index contributed by atoms with van der Waals surface area (Å²) in [4.78, 5) is 19.1. The van der Waals surface area contributed by atoms with Crippen LogP contribution in [0, 0.1) is 11.8 Å². The monoisotopic (exact) mass is 248 g/mol. The average Bonchev–Trinajstić information content (AvgIpc) is 2.39. The Morgan fingerprint density at radius 1 is 1.22 bits per heavy atom. The number of aromatic nitrogens is 2. The first-order valence-electron chi connectivity index (χ1n) is 6.63. The van der Waals surface area contributed by atoms with Crippen molar-refractivity contribution in [1.82, 2.24) is 9.97 Å². The molecule has 1 saturated carbocycles. The van der Waals surface area contributed by atoms with E-state index in [1.54, 1.807) is 0 Å². The summed E-state index contributed by atoms with van der Waals surface area (Å²) in [6.45, 7) is 4.56. The summed E-state index contributed by atoms with van der Waals surface area (Å²) >= 11 is 0. The first-order valence-corrected chi connectivity index (χ1v) is 6.63. The Labute approximate surface area is 107 Å². The van der Waals surface area contributed by atoms with Crippen LogP contribution in [0.3, 0.4) is 0 Å². The molecule has 1 aromatic heterocycles. The van der Waals surface area contributed by atoms with E-state index in [4.69, 9.17) is 5.11 Å². The molecule has 0 spiro atoms. The van der Waals surface area contributed by atoms with Crippen molar-refractivity contribution in [2.45, 2.75) is 45.4 Å². The second-order valence-electron chi connectivity index (χ2n) is 5.49. The molecule has 0 radical (unpaired) electrons. The van der Waals surface area contributed by atoms with Gasteiger partial charge in [0, 0.05) is 18.3 Å². The fourth-order valence-electron chi connectivity index (χ4n) is 2.70. The highest BCUT2D eigenvalue weighted by Gasteiger charge is 2.25. The number of carboxylic acid groups (broad SMARTS) is 1. The zero-order valence-corrected chi connectivity index (χ0v) is 11.0. The molecule has 0 unspecified atom stereocenters. The number of nitrogens with zero attached hydrogens (tertiary/aromatic N) is 2. The van der Waals surface area contributed by atoms with Crippen LogP contribution in [-0.4, -0.2) is 21.0 Å². The topological polar surface area (TPSA) is 63.1 Å². The van der Waals surface area contributed by atoms with Gasteiger partial charge in [-0.3, -0.25) is 0 Å². The Kier molecular flexibility index (Phi) is 3.94. The molecule has 0 aliphatic heterocycles. The van der Waals surface area contributed by atoms with Crippen molar-refractivity contribution in [3.8, 4) is 0 Å². The van der Waals surface area contributed by atoms with E-state index < -0.39 is 5.97 Å². The third kappa shape index (κ3) is 2.86. The standard InChI is InChI=1S/C14H20N2O2/c1-9(2)10-3-5-11(6-4-10)13-15-7-12(8-16-13)14(17)18/h7-11H,3-6H2,1-2H3,(H,17,18). The summed E-state index contributed by atoms with van der Waals surface area (Å²) in [5.74, 6) is 1.82. The summed E-state index contributed by atoms with van der Waals surface area (Å²) in [6, 6.07) is 0. The molecule has 1 aromatic rings. The Morgan fingerprint density at radius 3 is 2.22 bits per heavy atom. The van der Waals surface area contributed by atoms with Crippen molar-refractivity contribution < 1.29 is 9.90 Å². The molecule has 1 heterocycles. The number of rotatable bonds is 3. The summed E-state index contributed by atoms with van der Waals surface area (Å²) in [5, 5.41) is 8.80. The molecule has 0 aromatic carbocycles. The van der Waals surface area contributed by atoms with E-state index in [2.05, 4.69) is 23.8 Å².